The van der Waals surface area contributed by atoms with E-state index in [0.717, 1.165) is 0 Å². The van der Waals surface area contributed by atoms with Gasteiger partial charge in [0.05, 0.1) is 6.04 Å². The van der Waals surface area contributed by atoms with Crippen LogP contribution in [0, 0.1) is 12.3 Å². The van der Waals surface area contributed by atoms with Crippen LogP contribution in [0.1, 0.15) is 6.92 Å². The van der Waals surface area contributed by atoms with Crippen LogP contribution in [0.4, 0.5) is 5.82 Å². The first kappa shape index (κ1) is 8.44. The summed E-state index contributed by atoms with van der Waals surface area (Å²) in [6.45, 7) is 1.87. The molecule has 0 bridgehead atoms. The van der Waals surface area contributed by atoms with E-state index in [1.165, 1.54) is 4.63 Å². The summed E-state index contributed by atoms with van der Waals surface area (Å²) >= 11 is 0. The van der Waals surface area contributed by atoms with Crippen molar-refractivity contribution in [2.24, 2.45) is 0 Å². The lowest BCUT2D eigenvalue weighted by Crippen LogP contribution is -2.14. The Labute approximate surface area is 80.3 Å². The predicted molar refractivity (Wildman–Crippen MR) is 50.5 cm³/mol. The standard InChI is InChI=1S/C8H8N6/c1-3-6(2)9-7-4-5-8-10-12-13-14(8)11-7/h1,4-6H,2H3,(H,9,11). The van der Waals surface area contributed by atoms with Gasteiger partial charge in [0.15, 0.2) is 5.65 Å². The van der Waals surface area contributed by atoms with Crippen LogP contribution < -0.4 is 5.32 Å². The maximum absolute atomic E-state index is 5.23. The number of nitrogens with one attached hydrogen (secondary N) is 1. The first-order valence-corrected chi connectivity index (χ1v) is 4.07. The smallest absolute Gasteiger partial charge is 0.200 e. The lowest BCUT2D eigenvalue weighted by molar-refractivity contribution is 0.732. The normalized spacial score (nSPS) is 12.3. The summed E-state index contributed by atoms with van der Waals surface area (Å²) in [5, 5.41) is 18.0. The average molecular weight is 188 g/mol. The predicted octanol–water partition coefficient (Wildman–Crippen LogP) is -0.0471. The summed E-state index contributed by atoms with van der Waals surface area (Å²) in [5.74, 6) is 3.19. The molecule has 0 saturated carbocycles. The van der Waals surface area contributed by atoms with E-state index in [-0.39, 0.29) is 6.04 Å². The number of anilines is 1. The second kappa shape index (κ2) is 3.30. The second-order valence-corrected chi connectivity index (χ2v) is 2.78. The monoisotopic (exact) mass is 188 g/mol. The summed E-state index contributed by atoms with van der Waals surface area (Å²) in [5.41, 5.74) is 0.601. The highest BCUT2D eigenvalue weighted by atomic mass is 15.6. The van der Waals surface area contributed by atoms with Crippen molar-refractivity contribution in [1.82, 2.24) is 25.3 Å². The summed E-state index contributed by atoms with van der Waals surface area (Å²) in [6.07, 6.45) is 5.23. The van der Waals surface area contributed by atoms with Gasteiger partial charge in [-0.3, -0.25) is 0 Å². The Morgan fingerprint density at radius 3 is 3.21 bits per heavy atom. The minimum Gasteiger partial charge on any atom is -0.355 e. The van der Waals surface area contributed by atoms with Crippen molar-refractivity contribution in [2.45, 2.75) is 13.0 Å². The van der Waals surface area contributed by atoms with Gasteiger partial charge < -0.3 is 5.32 Å². The van der Waals surface area contributed by atoms with Crippen LogP contribution in [0.3, 0.4) is 0 Å². The molecule has 6 nitrogen and oxygen atoms in total. The van der Waals surface area contributed by atoms with Gasteiger partial charge in [0.1, 0.15) is 5.82 Å². The van der Waals surface area contributed by atoms with Gasteiger partial charge >= 0.3 is 0 Å². The first-order valence-electron chi connectivity index (χ1n) is 4.07. The zero-order valence-electron chi connectivity index (χ0n) is 7.55. The van der Waals surface area contributed by atoms with Gasteiger partial charge in [-0.25, -0.2) is 0 Å². The Morgan fingerprint density at radius 1 is 1.57 bits per heavy atom. The number of hydrogen-bond donors (Lipinski definition) is 1. The molecule has 2 rings (SSSR count). The molecule has 2 aromatic rings. The van der Waals surface area contributed by atoms with E-state index in [1.807, 2.05) is 6.92 Å². The molecule has 0 amide bonds. The van der Waals surface area contributed by atoms with Crippen LogP contribution in [-0.2, 0) is 0 Å². The molecule has 0 aromatic carbocycles. The molecule has 70 valence electrons. The van der Waals surface area contributed by atoms with Gasteiger partial charge in [-0.1, -0.05) is 5.92 Å². The largest absolute Gasteiger partial charge is 0.355 e. The molecular weight excluding hydrogens is 180 g/mol. The number of fused-ring (bicyclic) bond motifs is 1. The van der Waals surface area contributed by atoms with Crippen LogP contribution in [0.5, 0.6) is 0 Å². The molecule has 6 heteroatoms. The Morgan fingerprint density at radius 2 is 2.43 bits per heavy atom. The van der Waals surface area contributed by atoms with Crippen molar-refractivity contribution < 1.29 is 0 Å². The minimum atomic E-state index is -0.0727. The van der Waals surface area contributed by atoms with Crippen LogP contribution in [0.15, 0.2) is 12.1 Å². The van der Waals surface area contributed by atoms with E-state index >= 15 is 0 Å². The third-order valence-electron chi connectivity index (χ3n) is 1.68. The van der Waals surface area contributed by atoms with E-state index < -0.39 is 0 Å². The molecule has 1 N–H and O–H groups in total. The highest BCUT2D eigenvalue weighted by Gasteiger charge is 2.01. The lowest BCUT2D eigenvalue weighted by atomic mass is 10.3. The molecule has 2 aromatic heterocycles. The summed E-state index contributed by atoms with van der Waals surface area (Å²) in [7, 11) is 0. The molecule has 2 heterocycles. The number of rotatable bonds is 2. The quantitative estimate of drug-likeness (QED) is 0.669. The third kappa shape index (κ3) is 1.47. The van der Waals surface area contributed by atoms with Gasteiger partial charge in [-0.2, -0.15) is 0 Å². The minimum absolute atomic E-state index is 0.0727. The fraction of sp³-hybridized carbons (Fsp3) is 0.250. The maximum Gasteiger partial charge on any atom is 0.200 e. The fourth-order valence-corrected chi connectivity index (χ4v) is 0.990. The van der Waals surface area contributed by atoms with Crippen LogP contribution >= 0.6 is 0 Å². The second-order valence-electron chi connectivity index (χ2n) is 2.78. The van der Waals surface area contributed by atoms with Crippen LogP contribution in [0.2, 0.25) is 0 Å². The first-order chi connectivity index (χ1) is 6.79. The zero-order valence-corrected chi connectivity index (χ0v) is 7.55. The Bertz CT molecular complexity index is 482. The molecule has 14 heavy (non-hydrogen) atoms. The van der Waals surface area contributed by atoms with E-state index in [4.69, 9.17) is 6.42 Å². The summed E-state index contributed by atoms with van der Waals surface area (Å²) in [4.78, 5) is 0. The number of tetrazole rings is 1. The SMILES string of the molecule is C#CC(C)Nc1ccc2nnnn2n1. The molecular formula is C8H8N6. The molecule has 0 radical (unpaired) electrons. The zero-order chi connectivity index (χ0) is 9.97. The maximum atomic E-state index is 5.23. The van der Waals surface area contributed by atoms with E-state index in [1.54, 1.807) is 12.1 Å². The molecule has 0 aliphatic heterocycles. The Balaban J connectivity index is 2.31. The van der Waals surface area contributed by atoms with E-state index in [2.05, 4.69) is 31.9 Å². The Hall–Kier alpha value is -2.16. The lowest BCUT2D eigenvalue weighted by Gasteiger charge is -2.06. The van der Waals surface area contributed by atoms with Crippen molar-refractivity contribution in [1.29, 1.82) is 0 Å². The Kier molecular flexibility index (Phi) is 1.99. The molecule has 0 fully saturated rings. The van der Waals surface area contributed by atoms with Crippen molar-refractivity contribution in [3.63, 3.8) is 0 Å². The van der Waals surface area contributed by atoms with Gasteiger partial charge in [0, 0.05) is 0 Å². The topological polar surface area (TPSA) is 68.0 Å². The van der Waals surface area contributed by atoms with E-state index in [0.29, 0.717) is 11.5 Å². The molecule has 0 spiro atoms. The number of aromatic nitrogens is 5. The molecule has 0 saturated heterocycles. The van der Waals surface area contributed by atoms with Gasteiger partial charge in [0.25, 0.3) is 0 Å². The average Bonchev–Trinajstić information content (AvgIpc) is 2.64. The molecule has 0 aliphatic rings. The van der Waals surface area contributed by atoms with Crippen molar-refractivity contribution in [2.75, 3.05) is 5.32 Å². The van der Waals surface area contributed by atoms with Crippen LogP contribution in [-0.4, -0.2) is 31.3 Å². The van der Waals surface area contributed by atoms with Crippen molar-refractivity contribution >= 4 is 11.5 Å². The highest BCUT2D eigenvalue weighted by molar-refractivity contribution is 5.43. The number of hydrogen-bond acceptors (Lipinski definition) is 5. The van der Waals surface area contributed by atoms with Gasteiger partial charge in [-0.15, -0.1) is 21.3 Å². The molecule has 0 aliphatic carbocycles. The number of terminal acetylenes is 1. The summed E-state index contributed by atoms with van der Waals surface area (Å²) in [6, 6.07) is 3.47. The fourth-order valence-electron chi connectivity index (χ4n) is 0.990. The summed E-state index contributed by atoms with van der Waals surface area (Å²) < 4.78 is 1.34. The number of nitrogens with zero attached hydrogens (tertiary/aromatic N) is 5. The third-order valence-corrected chi connectivity index (χ3v) is 1.68. The van der Waals surface area contributed by atoms with Crippen LogP contribution in [0.25, 0.3) is 5.65 Å². The van der Waals surface area contributed by atoms with Crippen molar-refractivity contribution in [3.8, 4) is 12.3 Å². The highest BCUT2D eigenvalue weighted by Crippen LogP contribution is 2.04. The molecule has 1 unspecified atom stereocenters. The van der Waals surface area contributed by atoms with Crippen molar-refractivity contribution in [3.05, 3.63) is 12.1 Å². The van der Waals surface area contributed by atoms with Gasteiger partial charge in [-0.05, 0) is 29.5 Å². The molecule has 1 atom stereocenters. The van der Waals surface area contributed by atoms with E-state index in [9.17, 15) is 0 Å². The van der Waals surface area contributed by atoms with Gasteiger partial charge in [0.2, 0.25) is 0 Å².